The fourth-order valence-corrected chi connectivity index (χ4v) is 4.53. The molecule has 0 aromatic heterocycles. The fourth-order valence-electron chi connectivity index (χ4n) is 2.40. The summed E-state index contributed by atoms with van der Waals surface area (Å²) < 4.78 is 24.0. The Kier molecular flexibility index (Phi) is 4.99. The summed E-state index contributed by atoms with van der Waals surface area (Å²) in [6.07, 6.45) is 3.41. The van der Waals surface area contributed by atoms with E-state index >= 15 is 0 Å². The average molecular weight is 245 g/mol. The van der Waals surface area contributed by atoms with Crippen LogP contribution in [0.5, 0.6) is 0 Å². The summed E-state index contributed by atoms with van der Waals surface area (Å²) in [5, 5.41) is 3.09. The van der Waals surface area contributed by atoms with Crippen LogP contribution in [-0.4, -0.2) is 32.0 Å². The molecule has 16 heavy (non-hydrogen) atoms. The minimum Gasteiger partial charge on any atom is -0.313 e. The molecule has 4 heteroatoms. The molecule has 2 atom stereocenters. The van der Waals surface area contributed by atoms with Gasteiger partial charge < -0.3 is 5.32 Å². The van der Waals surface area contributed by atoms with Crippen molar-refractivity contribution < 1.29 is 8.42 Å². The lowest BCUT2D eigenvalue weighted by molar-refractivity contribution is 0.440. The zero-order chi connectivity index (χ0) is 12.2. The average Bonchev–Trinajstić information content (AvgIpc) is 2.15. The summed E-state index contributed by atoms with van der Waals surface area (Å²) in [7, 11) is -2.89. The Hall–Kier alpha value is -0.350. The minimum absolute atomic E-state index is 0.0489. The van der Waals surface area contributed by atoms with Crippen molar-refractivity contribution in [2.24, 2.45) is 0 Å². The molecular weight excluding hydrogens is 222 g/mol. The largest absolute Gasteiger partial charge is 0.313 e. The molecule has 1 aliphatic heterocycles. The minimum atomic E-state index is -2.89. The number of nitrogens with one attached hydrogen (secondary N) is 1. The Bertz CT molecular complexity index is 335. The maximum absolute atomic E-state index is 12.0. The van der Waals surface area contributed by atoms with Gasteiger partial charge in [-0.25, -0.2) is 8.42 Å². The second-order valence-corrected chi connectivity index (χ2v) is 7.07. The van der Waals surface area contributed by atoms with Crippen molar-refractivity contribution in [2.75, 3.05) is 12.3 Å². The van der Waals surface area contributed by atoms with Crippen LogP contribution in [0.4, 0.5) is 0 Å². The number of hydrogen-bond acceptors (Lipinski definition) is 3. The molecule has 0 bridgehead atoms. The van der Waals surface area contributed by atoms with E-state index in [2.05, 4.69) is 11.9 Å². The normalized spacial score (nSPS) is 26.2. The predicted octanol–water partition coefficient (Wildman–Crippen LogP) is 1.90. The van der Waals surface area contributed by atoms with Gasteiger partial charge in [0.05, 0.1) is 11.0 Å². The van der Waals surface area contributed by atoms with Gasteiger partial charge >= 0.3 is 0 Å². The van der Waals surface area contributed by atoms with Crippen molar-refractivity contribution >= 4 is 9.84 Å². The van der Waals surface area contributed by atoms with Crippen LogP contribution in [0.1, 0.15) is 39.5 Å². The molecule has 1 aliphatic rings. The van der Waals surface area contributed by atoms with E-state index in [0.29, 0.717) is 5.75 Å². The summed E-state index contributed by atoms with van der Waals surface area (Å²) in [5.41, 5.74) is 1.05. The van der Waals surface area contributed by atoms with E-state index in [1.807, 2.05) is 13.8 Å². The Balaban J connectivity index is 2.79. The second kappa shape index (κ2) is 5.82. The van der Waals surface area contributed by atoms with Crippen LogP contribution in [0.25, 0.3) is 0 Å². The second-order valence-electron chi connectivity index (χ2n) is 4.73. The summed E-state index contributed by atoms with van der Waals surface area (Å²) in [6, 6.07) is 0.0489. The number of sulfone groups is 1. The molecule has 0 aliphatic carbocycles. The van der Waals surface area contributed by atoms with Crippen LogP contribution in [-0.2, 0) is 9.84 Å². The van der Waals surface area contributed by atoms with Crippen LogP contribution in [0.3, 0.4) is 0 Å². The molecule has 1 fully saturated rings. The zero-order valence-corrected chi connectivity index (χ0v) is 11.1. The predicted molar refractivity (Wildman–Crippen MR) is 68.3 cm³/mol. The first kappa shape index (κ1) is 13.7. The van der Waals surface area contributed by atoms with Crippen LogP contribution >= 0.6 is 0 Å². The molecule has 0 spiro atoms. The summed E-state index contributed by atoms with van der Waals surface area (Å²) >= 11 is 0. The van der Waals surface area contributed by atoms with Gasteiger partial charge in [-0.1, -0.05) is 18.9 Å². The highest BCUT2D eigenvalue weighted by molar-refractivity contribution is 7.92. The van der Waals surface area contributed by atoms with Gasteiger partial charge in [-0.2, -0.15) is 0 Å². The molecule has 2 unspecified atom stereocenters. The van der Waals surface area contributed by atoms with E-state index < -0.39 is 9.84 Å². The molecule has 1 saturated heterocycles. The van der Waals surface area contributed by atoms with Gasteiger partial charge in [0.15, 0.2) is 9.84 Å². The molecule has 0 aromatic carbocycles. The van der Waals surface area contributed by atoms with Crippen LogP contribution in [0.2, 0.25) is 0 Å². The van der Waals surface area contributed by atoms with Crippen molar-refractivity contribution in [2.45, 2.75) is 50.8 Å². The van der Waals surface area contributed by atoms with E-state index in [0.717, 1.165) is 37.8 Å². The van der Waals surface area contributed by atoms with Gasteiger partial charge in [0.1, 0.15) is 0 Å². The first-order valence-corrected chi connectivity index (χ1v) is 7.78. The SMILES string of the molecule is C=C(C)CC(NCC)C1CCCCS1(=O)=O. The third kappa shape index (κ3) is 3.59. The quantitative estimate of drug-likeness (QED) is 0.753. The molecule has 0 radical (unpaired) electrons. The van der Waals surface area contributed by atoms with Crippen molar-refractivity contribution in [3.05, 3.63) is 12.2 Å². The molecular formula is C12H23NO2S. The van der Waals surface area contributed by atoms with E-state index in [9.17, 15) is 8.42 Å². The standard InChI is InChI=1S/C12H23NO2S/c1-4-13-11(9-10(2)3)12-7-5-6-8-16(12,14)15/h11-13H,2,4-9H2,1,3H3. The lowest BCUT2D eigenvalue weighted by Gasteiger charge is -2.30. The highest BCUT2D eigenvalue weighted by Crippen LogP contribution is 2.25. The smallest absolute Gasteiger partial charge is 0.154 e. The number of hydrogen-bond donors (Lipinski definition) is 1. The lowest BCUT2D eigenvalue weighted by Crippen LogP contribution is -2.46. The maximum Gasteiger partial charge on any atom is 0.154 e. The molecule has 0 amide bonds. The molecule has 3 nitrogen and oxygen atoms in total. The molecule has 0 saturated carbocycles. The highest BCUT2D eigenvalue weighted by Gasteiger charge is 2.34. The van der Waals surface area contributed by atoms with E-state index in [1.165, 1.54) is 0 Å². The number of rotatable bonds is 5. The monoisotopic (exact) mass is 245 g/mol. The van der Waals surface area contributed by atoms with Gasteiger partial charge in [-0.3, -0.25) is 0 Å². The molecule has 0 aromatic rings. The van der Waals surface area contributed by atoms with Crippen molar-refractivity contribution in [1.29, 1.82) is 0 Å². The first-order chi connectivity index (χ1) is 7.47. The van der Waals surface area contributed by atoms with E-state index in [1.54, 1.807) is 0 Å². The Morgan fingerprint density at radius 1 is 1.50 bits per heavy atom. The Morgan fingerprint density at radius 3 is 2.69 bits per heavy atom. The molecule has 1 N–H and O–H groups in total. The first-order valence-electron chi connectivity index (χ1n) is 6.06. The molecule has 1 heterocycles. The molecule has 1 rings (SSSR count). The van der Waals surface area contributed by atoms with Crippen LogP contribution in [0.15, 0.2) is 12.2 Å². The Morgan fingerprint density at radius 2 is 2.19 bits per heavy atom. The maximum atomic E-state index is 12.0. The fraction of sp³-hybridized carbons (Fsp3) is 0.833. The van der Waals surface area contributed by atoms with Gasteiger partial charge in [-0.05, 0) is 32.7 Å². The van der Waals surface area contributed by atoms with E-state index in [-0.39, 0.29) is 11.3 Å². The summed E-state index contributed by atoms with van der Waals surface area (Å²) in [6.45, 7) is 8.67. The summed E-state index contributed by atoms with van der Waals surface area (Å²) in [4.78, 5) is 0. The third-order valence-corrected chi connectivity index (χ3v) is 5.46. The van der Waals surface area contributed by atoms with Crippen molar-refractivity contribution in [3.8, 4) is 0 Å². The van der Waals surface area contributed by atoms with Gasteiger partial charge in [0.25, 0.3) is 0 Å². The Labute approximate surface area is 99.2 Å². The van der Waals surface area contributed by atoms with Crippen LogP contribution < -0.4 is 5.32 Å². The van der Waals surface area contributed by atoms with Gasteiger partial charge in [0.2, 0.25) is 0 Å². The summed E-state index contributed by atoms with van der Waals surface area (Å²) in [5.74, 6) is 0.357. The van der Waals surface area contributed by atoms with Crippen molar-refractivity contribution in [3.63, 3.8) is 0 Å². The lowest BCUT2D eigenvalue weighted by atomic mass is 10.0. The topological polar surface area (TPSA) is 46.2 Å². The van der Waals surface area contributed by atoms with Crippen LogP contribution in [0, 0.1) is 0 Å². The molecule has 94 valence electrons. The van der Waals surface area contributed by atoms with Gasteiger partial charge in [-0.15, -0.1) is 6.58 Å². The highest BCUT2D eigenvalue weighted by atomic mass is 32.2. The van der Waals surface area contributed by atoms with Crippen molar-refractivity contribution in [1.82, 2.24) is 5.32 Å². The van der Waals surface area contributed by atoms with Gasteiger partial charge in [0, 0.05) is 6.04 Å². The van der Waals surface area contributed by atoms with E-state index in [4.69, 9.17) is 0 Å². The zero-order valence-electron chi connectivity index (χ0n) is 10.3. The third-order valence-electron chi connectivity index (χ3n) is 3.11.